The quantitative estimate of drug-likeness (QED) is 0.359. The lowest BCUT2D eigenvalue weighted by molar-refractivity contribution is -0.121. The molecule has 35 heavy (non-hydrogen) atoms. The number of nitrogens with zero attached hydrogens (tertiary/aromatic N) is 1. The molecule has 0 aromatic heterocycles. The molecule has 0 spiro atoms. The second-order valence-electron chi connectivity index (χ2n) is 7.59. The van der Waals surface area contributed by atoms with Crippen molar-refractivity contribution in [2.24, 2.45) is 0 Å². The van der Waals surface area contributed by atoms with Gasteiger partial charge in [0, 0.05) is 17.0 Å². The summed E-state index contributed by atoms with van der Waals surface area (Å²) in [6.45, 7) is 1.96. The predicted molar refractivity (Wildman–Crippen MR) is 133 cm³/mol. The van der Waals surface area contributed by atoms with Crippen molar-refractivity contribution in [1.29, 1.82) is 0 Å². The second-order valence-corrected chi connectivity index (χ2v) is 10.5. The number of benzene rings is 3. The van der Waals surface area contributed by atoms with E-state index in [1.54, 1.807) is 61.5 Å². The van der Waals surface area contributed by atoms with Gasteiger partial charge in [0.1, 0.15) is 0 Å². The summed E-state index contributed by atoms with van der Waals surface area (Å²) in [5.74, 6) is -1.15. The van der Waals surface area contributed by atoms with Crippen LogP contribution in [0.3, 0.4) is 0 Å². The smallest absolute Gasteiger partial charge is 0.338 e. The molecule has 3 aromatic rings. The molecular formula is C25H22N2O6S2. The summed E-state index contributed by atoms with van der Waals surface area (Å²) in [6.07, 6.45) is 0.0332. The maximum atomic E-state index is 13.0. The number of nitrogens with one attached hydrogen (secondary N) is 1. The Morgan fingerprint density at radius 3 is 2.29 bits per heavy atom. The molecule has 10 heteroatoms. The zero-order chi connectivity index (χ0) is 25.0. The Balaban J connectivity index is 1.41. The molecule has 2 amide bonds. The fourth-order valence-electron chi connectivity index (χ4n) is 3.51. The van der Waals surface area contributed by atoms with E-state index in [9.17, 15) is 22.8 Å². The summed E-state index contributed by atoms with van der Waals surface area (Å²) in [5.41, 5.74) is 1.11. The molecule has 180 valence electrons. The Kier molecular flexibility index (Phi) is 7.23. The van der Waals surface area contributed by atoms with Gasteiger partial charge in [-0.2, -0.15) is 0 Å². The number of ether oxygens (including phenoxy) is 1. The molecule has 1 unspecified atom stereocenters. The van der Waals surface area contributed by atoms with Crippen LogP contribution in [0.15, 0.2) is 88.7 Å². The van der Waals surface area contributed by atoms with Crippen molar-refractivity contribution in [2.75, 3.05) is 16.2 Å². The molecule has 0 bridgehead atoms. The number of carbonyl (C=O) groups excluding carboxylic acids is 3. The van der Waals surface area contributed by atoms with Crippen LogP contribution in [0.4, 0.5) is 11.4 Å². The fourth-order valence-corrected chi connectivity index (χ4v) is 5.64. The highest BCUT2D eigenvalue weighted by molar-refractivity contribution is 8.00. The molecule has 1 aliphatic heterocycles. The number of esters is 1. The lowest BCUT2D eigenvalue weighted by atomic mass is 10.2. The zero-order valence-electron chi connectivity index (χ0n) is 18.7. The number of anilines is 2. The molecule has 1 aliphatic rings. The van der Waals surface area contributed by atoms with Gasteiger partial charge in [-0.3, -0.25) is 14.3 Å². The number of hydrogen-bond acceptors (Lipinski definition) is 7. The van der Waals surface area contributed by atoms with Crippen LogP contribution >= 0.6 is 11.8 Å². The first-order valence-corrected chi connectivity index (χ1v) is 13.1. The summed E-state index contributed by atoms with van der Waals surface area (Å²) in [5, 5.41) is -0.612. The molecule has 1 saturated heterocycles. The molecule has 3 aromatic carbocycles. The molecule has 1 heterocycles. The molecule has 8 nitrogen and oxygen atoms in total. The minimum atomic E-state index is -3.71. The largest absolute Gasteiger partial charge is 0.462 e. The van der Waals surface area contributed by atoms with E-state index in [4.69, 9.17) is 4.74 Å². The molecular weight excluding hydrogens is 488 g/mol. The summed E-state index contributed by atoms with van der Waals surface area (Å²) < 4.78 is 32.4. The molecule has 1 fully saturated rings. The average Bonchev–Trinajstić information content (AvgIpc) is 3.13. The van der Waals surface area contributed by atoms with Crippen molar-refractivity contribution >= 4 is 50.9 Å². The first-order valence-electron chi connectivity index (χ1n) is 10.8. The van der Waals surface area contributed by atoms with Crippen LogP contribution in [0.25, 0.3) is 0 Å². The molecule has 1 atom stereocenters. The van der Waals surface area contributed by atoms with E-state index in [2.05, 4.69) is 4.72 Å². The van der Waals surface area contributed by atoms with Gasteiger partial charge in [0.25, 0.3) is 10.0 Å². The highest BCUT2D eigenvalue weighted by atomic mass is 32.2. The molecule has 0 saturated carbocycles. The van der Waals surface area contributed by atoms with Crippen LogP contribution in [-0.2, 0) is 24.3 Å². The first kappa shape index (κ1) is 24.5. The minimum Gasteiger partial charge on any atom is -0.462 e. The highest BCUT2D eigenvalue weighted by Crippen LogP contribution is 2.34. The Morgan fingerprint density at radius 1 is 1.00 bits per heavy atom. The normalized spacial score (nSPS) is 15.8. The van der Waals surface area contributed by atoms with Gasteiger partial charge in [-0.25, -0.2) is 18.1 Å². The lowest BCUT2D eigenvalue weighted by Gasteiger charge is -2.15. The average molecular weight is 511 g/mol. The van der Waals surface area contributed by atoms with Gasteiger partial charge in [-0.15, -0.1) is 11.8 Å². The highest BCUT2D eigenvalue weighted by Gasteiger charge is 2.40. The van der Waals surface area contributed by atoms with Crippen LogP contribution in [0.2, 0.25) is 0 Å². The monoisotopic (exact) mass is 510 g/mol. The van der Waals surface area contributed by atoms with Crippen LogP contribution in [0.1, 0.15) is 23.7 Å². The van der Waals surface area contributed by atoms with Gasteiger partial charge < -0.3 is 4.74 Å². The van der Waals surface area contributed by atoms with E-state index >= 15 is 0 Å². The summed E-state index contributed by atoms with van der Waals surface area (Å²) >= 11 is 1.24. The van der Waals surface area contributed by atoms with Crippen molar-refractivity contribution in [2.45, 2.75) is 28.4 Å². The van der Waals surface area contributed by atoms with Gasteiger partial charge in [0.15, 0.2) is 0 Å². The van der Waals surface area contributed by atoms with E-state index in [1.807, 2.05) is 0 Å². The fraction of sp³-hybridized carbons (Fsp3) is 0.160. The number of imide groups is 1. The van der Waals surface area contributed by atoms with E-state index in [-0.39, 0.29) is 29.7 Å². The number of sulfonamides is 1. The standard InChI is InChI=1S/C25H22N2O6S2/c1-2-33-25(30)17-8-12-19(13-9-17)27-23(28)16-22(24(27)29)34-20-14-10-18(11-15-20)26-35(31,32)21-6-4-3-5-7-21/h3-15,22,26H,2,16H2,1H3. The van der Waals surface area contributed by atoms with Gasteiger partial charge in [-0.1, -0.05) is 18.2 Å². The molecule has 0 radical (unpaired) electrons. The van der Waals surface area contributed by atoms with Crippen molar-refractivity contribution in [1.82, 2.24) is 0 Å². The van der Waals surface area contributed by atoms with Crippen molar-refractivity contribution in [3.63, 3.8) is 0 Å². The van der Waals surface area contributed by atoms with E-state index in [1.165, 1.54) is 36.0 Å². The SMILES string of the molecule is CCOC(=O)c1ccc(N2C(=O)CC(Sc3ccc(NS(=O)(=O)c4ccccc4)cc3)C2=O)cc1. The van der Waals surface area contributed by atoms with E-state index in [0.717, 1.165) is 9.80 Å². The third kappa shape index (κ3) is 5.55. The Hall–Kier alpha value is -3.63. The number of rotatable bonds is 8. The van der Waals surface area contributed by atoms with E-state index < -0.39 is 21.2 Å². The van der Waals surface area contributed by atoms with Crippen LogP contribution in [-0.4, -0.2) is 38.1 Å². The minimum absolute atomic E-state index is 0.0332. The maximum absolute atomic E-state index is 13.0. The lowest BCUT2D eigenvalue weighted by Crippen LogP contribution is -2.31. The molecule has 4 rings (SSSR count). The third-order valence-electron chi connectivity index (χ3n) is 5.18. The second kappa shape index (κ2) is 10.3. The van der Waals surface area contributed by atoms with Crippen molar-refractivity contribution in [3.8, 4) is 0 Å². The van der Waals surface area contributed by atoms with Gasteiger partial charge >= 0.3 is 5.97 Å². The predicted octanol–water partition coefficient (Wildman–Crippen LogP) is 4.09. The molecule has 0 aliphatic carbocycles. The summed E-state index contributed by atoms with van der Waals surface area (Å²) in [6, 6.07) is 20.8. The Labute approximate surface area is 207 Å². The Bertz CT molecular complexity index is 1340. The maximum Gasteiger partial charge on any atom is 0.338 e. The van der Waals surface area contributed by atoms with Crippen LogP contribution in [0.5, 0.6) is 0 Å². The Morgan fingerprint density at radius 2 is 1.66 bits per heavy atom. The van der Waals surface area contributed by atoms with Crippen LogP contribution in [0, 0.1) is 0 Å². The number of thioether (sulfide) groups is 1. The summed E-state index contributed by atoms with van der Waals surface area (Å²) in [4.78, 5) is 39.4. The molecule has 1 N–H and O–H groups in total. The van der Waals surface area contributed by atoms with Crippen molar-refractivity contribution in [3.05, 3.63) is 84.4 Å². The summed E-state index contributed by atoms with van der Waals surface area (Å²) in [7, 11) is -3.71. The van der Waals surface area contributed by atoms with Crippen LogP contribution < -0.4 is 9.62 Å². The third-order valence-corrected chi connectivity index (χ3v) is 7.77. The van der Waals surface area contributed by atoms with Gasteiger partial charge in [-0.05, 0) is 67.6 Å². The number of hydrogen-bond donors (Lipinski definition) is 1. The number of carbonyl (C=O) groups is 3. The van der Waals surface area contributed by atoms with Crippen molar-refractivity contribution < 1.29 is 27.5 Å². The van der Waals surface area contributed by atoms with Gasteiger partial charge in [0.05, 0.1) is 28.0 Å². The van der Waals surface area contributed by atoms with E-state index in [0.29, 0.717) is 16.9 Å². The first-order chi connectivity index (χ1) is 16.8. The zero-order valence-corrected chi connectivity index (χ0v) is 20.3. The topological polar surface area (TPSA) is 110 Å². The van der Waals surface area contributed by atoms with Gasteiger partial charge in [0.2, 0.25) is 11.8 Å². The number of amides is 2.